The number of carbonyl (C=O) groups is 1. The predicted molar refractivity (Wildman–Crippen MR) is 66.2 cm³/mol. The van der Waals surface area contributed by atoms with E-state index in [1.165, 1.54) is 6.92 Å². The second kappa shape index (κ2) is 4.08. The molecule has 0 aromatic heterocycles. The number of benzene rings is 2. The summed E-state index contributed by atoms with van der Waals surface area (Å²) in [5.41, 5.74) is 1.63. The molecule has 0 saturated heterocycles. The van der Waals surface area contributed by atoms with Gasteiger partial charge in [-0.15, -0.1) is 6.42 Å². The van der Waals surface area contributed by atoms with E-state index in [9.17, 15) is 4.79 Å². The lowest BCUT2D eigenvalue weighted by Crippen LogP contribution is -2.06. The zero-order valence-electron chi connectivity index (χ0n) is 8.95. The van der Waals surface area contributed by atoms with Crippen molar-refractivity contribution < 1.29 is 4.79 Å². The van der Waals surface area contributed by atoms with Gasteiger partial charge in [0, 0.05) is 23.6 Å². The van der Waals surface area contributed by atoms with Crippen LogP contribution in [0.2, 0.25) is 0 Å². The first-order chi connectivity index (χ1) is 7.72. The fraction of sp³-hybridized carbons (Fsp3) is 0.0714. The third kappa shape index (κ3) is 1.76. The largest absolute Gasteiger partial charge is 0.326 e. The third-order valence-corrected chi connectivity index (χ3v) is 2.39. The summed E-state index contributed by atoms with van der Waals surface area (Å²) in [4.78, 5) is 11.1. The van der Waals surface area contributed by atoms with Gasteiger partial charge in [-0.2, -0.15) is 0 Å². The van der Waals surface area contributed by atoms with E-state index < -0.39 is 0 Å². The Balaban J connectivity index is 2.70. The molecule has 78 valence electrons. The molecule has 2 heteroatoms. The van der Waals surface area contributed by atoms with Gasteiger partial charge < -0.3 is 5.32 Å². The number of amides is 1. The Kier molecular flexibility index (Phi) is 2.61. The fourth-order valence-corrected chi connectivity index (χ4v) is 1.72. The van der Waals surface area contributed by atoms with Crippen LogP contribution in [0.15, 0.2) is 36.4 Å². The van der Waals surface area contributed by atoms with Crippen LogP contribution in [0.3, 0.4) is 0 Å². The lowest BCUT2D eigenvalue weighted by Gasteiger charge is -2.08. The average Bonchev–Trinajstić information content (AvgIpc) is 2.29. The molecule has 0 aliphatic rings. The van der Waals surface area contributed by atoms with Gasteiger partial charge in [-0.1, -0.05) is 30.2 Å². The second-order valence-corrected chi connectivity index (χ2v) is 3.53. The zero-order valence-corrected chi connectivity index (χ0v) is 8.95. The number of carbonyl (C=O) groups excluding carboxylic acids is 1. The standard InChI is InChI=1S/C14H11NO/c1-3-11-8-9-14(15-10(2)16)13-7-5-4-6-12(11)13/h1,4-9H,2H3,(H,15,16). The first-order valence-corrected chi connectivity index (χ1v) is 4.98. The molecule has 0 fully saturated rings. The minimum atomic E-state index is -0.0846. The van der Waals surface area contributed by atoms with Crippen molar-refractivity contribution in [3.63, 3.8) is 0 Å². The van der Waals surface area contributed by atoms with Gasteiger partial charge in [0.15, 0.2) is 0 Å². The van der Waals surface area contributed by atoms with E-state index in [4.69, 9.17) is 6.42 Å². The maximum absolute atomic E-state index is 11.1. The van der Waals surface area contributed by atoms with Crippen molar-refractivity contribution in [2.75, 3.05) is 5.32 Å². The zero-order chi connectivity index (χ0) is 11.5. The highest BCUT2D eigenvalue weighted by Crippen LogP contribution is 2.26. The first kappa shape index (κ1) is 10.3. The third-order valence-electron chi connectivity index (χ3n) is 2.39. The van der Waals surface area contributed by atoms with E-state index in [0.29, 0.717) is 0 Å². The molecule has 1 N–H and O–H groups in total. The Bertz CT molecular complexity index is 593. The van der Waals surface area contributed by atoms with Crippen LogP contribution in [0.25, 0.3) is 10.8 Å². The highest BCUT2D eigenvalue weighted by Gasteiger charge is 2.04. The van der Waals surface area contributed by atoms with Crippen LogP contribution in [0.1, 0.15) is 12.5 Å². The maximum atomic E-state index is 11.1. The number of hydrogen-bond donors (Lipinski definition) is 1. The van der Waals surface area contributed by atoms with Crippen molar-refractivity contribution in [2.24, 2.45) is 0 Å². The summed E-state index contributed by atoms with van der Waals surface area (Å²) in [5, 5.41) is 4.74. The minimum Gasteiger partial charge on any atom is -0.326 e. The Hall–Kier alpha value is -2.27. The summed E-state index contributed by atoms with van der Waals surface area (Å²) in [6.07, 6.45) is 5.43. The minimum absolute atomic E-state index is 0.0846. The van der Waals surface area contributed by atoms with E-state index in [1.54, 1.807) is 0 Å². The van der Waals surface area contributed by atoms with E-state index >= 15 is 0 Å². The number of fused-ring (bicyclic) bond motifs is 1. The second-order valence-electron chi connectivity index (χ2n) is 3.53. The number of rotatable bonds is 1. The molecular formula is C14H11NO. The first-order valence-electron chi connectivity index (χ1n) is 4.98. The Morgan fingerprint density at radius 3 is 2.50 bits per heavy atom. The number of hydrogen-bond acceptors (Lipinski definition) is 1. The molecule has 0 bridgehead atoms. The number of anilines is 1. The molecule has 0 aliphatic heterocycles. The van der Waals surface area contributed by atoms with Crippen LogP contribution < -0.4 is 5.32 Å². The smallest absolute Gasteiger partial charge is 0.221 e. The highest BCUT2D eigenvalue weighted by atomic mass is 16.1. The molecule has 2 aromatic carbocycles. The van der Waals surface area contributed by atoms with Crippen molar-refractivity contribution in [1.29, 1.82) is 0 Å². The maximum Gasteiger partial charge on any atom is 0.221 e. The molecule has 2 nitrogen and oxygen atoms in total. The van der Waals surface area contributed by atoms with Gasteiger partial charge in [0.2, 0.25) is 5.91 Å². The molecule has 0 aliphatic carbocycles. The van der Waals surface area contributed by atoms with Crippen molar-refractivity contribution >= 4 is 22.4 Å². The molecule has 0 radical (unpaired) electrons. The molecule has 0 saturated carbocycles. The molecule has 0 heterocycles. The summed E-state index contributed by atoms with van der Waals surface area (Å²) >= 11 is 0. The summed E-state index contributed by atoms with van der Waals surface area (Å²) in [7, 11) is 0. The molecular weight excluding hydrogens is 198 g/mol. The molecule has 0 unspecified atom stereocenters. The van der Waals surface area contributed by atoms with Gasteiger partial charge in [-0.3, -0.25) is 4.79 Å². The predicted octanol–water partition coefficient (Wildman–Crippen LogP) is 2.78. The van der Waals surface area contributed by atoms with Crippen molar-refractivity contribution in [3.05, 3.63) is 42.0 Å². The van der Waals surface area contributed by atoms with Gasteiger partial charge in [0.1, 0.15) is 0 Å². The van der Waals surface area contributed by atoms with Crippen LogP contribution in [0.5, 0.6) is 0 Å². The van der Waals surface area contributed by atoms with Crippen LogP contribution in [-0.4, -0.2) is 5.91 Å². The van der Waals surface area contributed by atoms with Crippen molar-refractivity contribution in [2.45, 2.75) is 6.92 Å². The van der Waals surface area contributed by atoms with Gasteiger partial charge in [0.05, 0.1) is 0 Å². The van der Waals surface area contributed by atoms with Crippen LogP contribution in [-0.2, 0) is 4.79 Å². The Labute approximate surface area is 94.3 Å². The molecule has 0 atom stereocenters. The molecule has 1 amide bonds. The van der Waals surface area contributed by atoms with Gasteiger partial charge in [-0.25, -0.2) is 0 Å². The van der Waals surface area contributed by atoms with E-state index in [-0.39, 0.29) is 5.91 Å². The Morgan fingerprint density at radius 2 is 1.88 bits per heavy atom. The van der Waals surface area contributed by atoms with Crippen molar-refractivity contribution in [3.8, 4) is 12.3 Å². The molecule has 0 spiro atoms. The topological polar surface area (TPSA) is 29.1 Å². The van der Waals surface area contributed by atoms with E-state index in [1.807, 2.05) is 36.4 Å². The van der Waals surface area contributed by atoms with E-state index in [0.717, 1.165) is 22.0 Å². The lowest BCUT2D eigenvalue weighted by atomic mass is 10.0. The average molecular weight is 209 g/mol. The highest BCUT2D eigenvalue weighted by molar-refractivity contribution is 6.03. The Morgan fingerprint density at radius 1 is 1.19 bits per heavy atom. The fourth-order valence-electron chi connectivity index (χ4n) is 1.72. The van der Waals surface area contributed by atoms with Gasteiger partial charge in [-0.05, 0) is 17.5 Å². The van der Waals surface area contributed by atoms with Gasteiger partial charge >= 0.3 is 0 Å². The summed E-state index contributed by atoms with van der Waals surface area (Å²) < 4.78 is 0. The summed E-state index contributed by atoms with van der Waals surface area (Å²) in [6.45, 7) is 1.49. The van der Waals surface area contributed by atoms with Crippen LogP contribution >= 0.6 is 0 Å². The van der Waals surface area contributed by atoms with Crippen LogP contribution in [0, 0.1) is 12.3 Å². The summed E-state index contributed by atoms with van der Waals surface area (Å²) in [6, 6.07) is 11.4. The SMILES string of the molecule is C#Cc1ccc(NC(C)=O)c2ccccc12. The monoisotopic (exact) mass is 209 g/mol. The van der Waals surface area contributed by atoms with Crippen LogP contribution in [0.4, 0.5) is 5.69 Å². The molecule has 16 heavy (non-hydrogen) atoms. The molecule has 2 rings (SSSR count). The number of terminal acetylenes is 1. The normalized spacial score (nSPS) is 9.75. The number of nitrogens with one attached hydrogen (secondary N) is 1. The van der Waals surface area contributed by atoms with Gasteiger partial charge in [0.25, 0.3) is 0 Å². The van der Waals surface area contributed by atoms with Crippen molar-refractivity contribution in [1.82, 2.24) is 0 Å². The quantitative estimate of drug-likeness (QED) is 0.719. The lowest BCUT2D eigenvalue weighted by molar-refractivity contribution is -0.114. The van der Waals surface area contributed by atoms with E-state index in [2.05, 4.69) is 11.2 Å². The summed E-state index contributed by atoms with van der Waals surface area (Å²) in [5.74, 6) is 2.55. The molecule has 2 aromatic rings.